The van der Waals surface area contributed by atoms with E-state index < -0.39 is 0 Å². The number of aryl methyl sites for hydroxylation is 2. The topological polar surface area (TPSA) is 90.0 Å². The van der Waals surface area contributed by atoms with Crippen molar-refractivity contribution in [1.82, 2.24) is 20.0 Å². The maximum atomic E-state index is 12.7. The molecule has 0 bridgehead atoms. The van der Waals surface area contributed by atoms with E-state index in [0.717, 1.165) is 11.3 Å². The zero-order valence-corrected chi connectivity index (χ0v) is 17.2. The van der Waals surface area contributed by atoms with E-state index in [1.165, 1.54) is 0 Å². The van der Waals surface area contributed by atoms with Crippen molar-refractivity contribution in [3.05, 3.63) is 70.0 Å². The number of pyridine rings is 1. The second-order valence-corrected chi connectivity index (χ2v) is 7.37. The van der Waals surface area contributed by atoms with Crippen LogP contribution in [0.4, 0.5) is 0 Å². The SMILES string of the molecule is Cc1ccc(-c2noc(CCC(=O)N[C@@H](C)c3ccccc3)n2)c(=O)n1C(C)C. The molecule has 29 heavy (non-hydrogen) atoms. The molecule has 152 valence electrons. The van der Waals surface area contributed by atoms with Gasteiger partial charge in [-0.05, 0) is 45.4 Å². The molecule has 1 N–H and O–H groups in total. The van der Waals surface area contributed by atoms with Gasteiger partial charge in [0, 0.05) is 24.6 Å². The fraction of sp³-hybridized carbons (Fsp3) is 0.364. The standard InChI is InChI=1S/C22H26N4O3/c1-14(2)26-15(3)10-11-18(22(26)28)21-24-20(29-25-21)13-12-19(27)23-16(4)17-8-6-5-7-9-17/h5-11,14,16H,12-13H2,1-4H3,(H,23,27)/t16-/m0/s1. The summed E-state index contributed by atoms with van der Waals surface area (Å²) in [6.07, 6.45) is 0.535. The van der Waals surface area contributed by atoms with E-state index in [9.17, 15) is 9.59 Å². The molecule has 3 rings (SSSR count). The van der Waals surface area contributed by atoms with Gasteiger partial charge in [-0.25, -0.2) is 0 Å². The van der Waals surface area contributed by atoms with Gasteiger partial charge < -0.3 is 14.4 Å². The number of hydrogen-bond donors (Lipinski definition) is 1. The second-order valence-electron chi connectivity index (χ2n) is 7.37. The Balaban J connectivity index is 1.65. The molecule has 1 aromatic carbocycles. The van der Waals surface area contributed by atoms with Gasteiger partial charge in [0.1, 0.15) is 0 Å². The zero-order valence-electron chi connectivity index (χ0n) is 17.2. The fourth-order valence-electron chi connectivity index (χ4n) is 3.28. The van der Waals surface area contributed by atoms with E-state index in [0.29, 0.717) is 17.9 Å². The number of hydrogen-bond acceptors (Lipinski definition) is 5. The third-order valence-corrected chi connectivity index (χ3v) is 4.79. The molecule has 0 aliphatic heterocycles. The van der Waals surface area contributed by atoms with E-state index in [1.54, 1.807) is 10.6 Å². The van der Waals surface area contributed by atoms with Gasteiger partial charge in [0.05, 0.1) is 11.6 Å². The molecule has 1 atom stereocenters. The maximum absolute atomic E-state index is 12.7. The maximum Gasteiger partial charge on any atom is 0.262 e. The molecule has 0 fully saturated rings. The van der Waals surface area contributed by atoms with Crippen LogP contribution in [0.15, 0.2) is 51.8 Å². The Morgan fingerprint density at radius 2 is 1.86 bits per heavy atom. The largest absolute Gasteiger partial charge is 0.350 e. The Morgan fingerprint density at radius 3 is 2.55 bits per heavy atom. The van der Waals surface area contributed by atoms with Gasteiger partial charge in [-0.3, -0.25) is 9.59 Å². The molecule has 2 heterocycles. The van der Waals surface area contributed by atoms with Crippen LogP contribution in [-0.4, -0.2) is 20.6 Å². The first-order chi connectivity index (χ1) is 13.9. The molecule has 0 aliphatic carbocycles. The first kappa shape index (κ1) is 20.5. The predicted octanol–water partition coefficient (Wildman–Crippen LogP) is 3.60. The van der Waals surface area contributed by atoms with Crippen molar-refractivity contribution in [1.29, 1.82) is 0 Å². The molecule has 3 aromatic rings. The predicted molar refractivity (Wildman–Crippen MR) is 110 cm³/mol. The minimum absolute atomic E-state index is 0.0316. The van der Waals surface area contributed by atoms with Crippen LogP contribution in [0.25, 0.3) is 11.4 Å². The monoisotopic (exact) mass is 394 g/mol. The van der Waals surface area contributed by atoms with Crippen LogP contribution >= 0.6 is 0 Å². The molecule has 0 spiro atoms. The Bertz CT molecular complexity index is 1040. The second kappa shape index (κ2) is 8.86. The Morgan fingerprint density at radius 1 is 1.14 bits per heavy atom. The van der Waals surface area contributed by atoms with Crippen LogP contribution in [-0.2, 0) is 11.2 Å². The minimum atomic E-state index is -0.151. The van der Waals surface area contributed by atoms with Crippen LogP contribution in [0.5, 0.6) is 0 Å². The van der Waals surface area contributed by atoms with E-state index >= 15 is 0 Å². The molecule has 0 saturated carbocycles. The number of aromatic nitrogens is 3. The lowest BCUT2D eigenvalue weighted by Crippen LogP contribution is -2.26. The van der Waals surface area contributed by atoms with Gasteiger partial charge in [0.2, 0.25) is 17.6 Å². The summed E-state index contributed by atoms with van der Waals surface area (Å²) in [5, 5.41) is 6.89. The summed E-state index contributed by atoms with van der Waals surface area (Å²) in [5.74, 6) is 0.481. The molecule has 0 radical (unpaired) electrons. The molecule has 0 saturated heterocycles. The Labute approximate surface area is 169 Å². The lowest BCUT2D eigenvalue weighted by atomic mass is 10.1. The number of carbonyl (C=O) groups excluding carboxylic acids is 1. The highest BCUT2D eigenvalue weighted by Gasteiger charge is 2.17. The third kappa shape index (κ3) is 4.80. The first-order valence-electron chi connectivity index (χ1n) is 9.76. The summed E-state index contributed by atoms with van der Waals surface area (Å²) in [7, 11) is 0. The van der Waals surface area contributed by atoms with Crippen LogP contribution < -0.4 is 10.9 Å². The summed E-state index contributed by atoms with van der Waals surface area (Å²) in [5.41, 5.74) is 2.16. The molecule has 0 unspecified atom stereocenters. The van der Waals surface area contributed by atoms with E-state index in [-0.39, 0.29) is 35.8 Å². The average Bonchev–Trinajstić information content (AvgIpc) is 3.15. The number of benzene rings is 1. The molecular weight excluding hydrogens is 368 g/mol. The molecule has 7 nitrogen and oxygen atoms in total. The quantitative estimate of drug-likeness (QED) is 0.661. The number of amides is 1. The van der Waals surface area contributed by atoms with Crippen LogP contribution in [0.2, 0.25) is 0 Å². The summed E-state index contributed by atoms with van der Waals surface area (Å²) < 4.78 is 6.95. The Hall–Kier alpha value is -3.22. The minimum Gasteiger partial charge on any atom is -0.350 e. The highest BCUT2D eigenvalue weighted by atomic mass is 16.5. The lowest BCUT2D eigenvalue weighted by Gasteiger charge is -2.14. The van der Waals surface area contributed by atoms with Crippen molar-refractivity contribution >= 4 is 5.91 Å². The fourth-order valence-corrected chi connectivity index (χ4v) is 3.28. The van der Waals surface area contributed by atoms with Gasteiger partial charge in [-0.2, -0.15) is 4.98 Å². The van der Waals surface area contributed by atoms with Crippen LogP contribution in [0, 0.1) is 6.92 Å². The van der Waals surface area contributed by atoms with E-state index in [4.69, 9.17) is 4.52 Å². The molecule has 0 aliphatic rings. The highest BCUT2D eigenvalue weighted by Crippen LogP contribution is 2.16. The summed E-state index contributed by atoms with van der Waals surface area (Å²) in [4.78, 5) is 29.3. The van der Waals surface area contributed by atoms with Crippen molar-refractivity contribution in [3.8, 4) is 11.4 Å². The third-order valence-electron chi connectivity index (χ3n) is 4.79. The van der Waals surface area contributed by atoms with Crippen LogP contribution in [0.1, 0.15) is 56.4 Å². The van der Waals surface area contributed by atoms with E-state index in [2.05, 4.69) is 15.5 Å². The van der Waals surface area contributed by atoms with Gasteiger partial charge in [-0.15, -0.1) is 0 Å². The van der Waals surface area contributed by atoms with Gasteiger partial charge in [0.15, 0.2) is 0 Å². The summed E-state index contributed by atoms with van der Waals surface area (Å²) in [6.45, 7) is 7.74. The molecule has 1 amide bonds. The van der Waals surface area contributed by atoms with Crippen molar-refractivity contribution < 1.29 is 9.32 Å². The Kier molecular flexibility index (Phi) is 6.26. The van der Waals surface area contributed by atoms with Crippen molar-refractivity contribution in [2.24, 2.45) is 0 Å². The van der Waals surface area contributed by atoms with Gasteiger partial charge in [0.25, 0.3) is 5.56 Å². The lowest BCUT2D eigenvalue weighted by molar-refractivity contribution is -0.121. The average molecular weight is 394 g/mol. The van der Waals surface area contributed by atoms with Crippen LogP contribution in [0.3, 0.4) is 0 Å². The zero-order chi connectivity index (χ0) is 21.0. The molecular formula is C22H26N4O3. The highest BCUT2D eigenvalue weighted by molar-refractivity contribution is 5.76. The number of nitrogens with zero attached hydrogens (tertiary/aromatic N) is 3. The first-order valence-corrected chi connectivity index (χ1v) is 9.76. The van der Waals surface area contributed by atoms with Crippen molar-refractivity contribution in [3.63, 3.8) is 0 Å². The van der Waals surface area contributed by atoms with E-state index in [1.807, 2.05) is 64.1 Å². The summed E-state index contributed by atoms with van der Waals surface area (Å²) >= 11 is 0. The number of nitrogens with one attached hydrogen (secondary N) is 1. The number of rotatable bonds is 7. The van der Waals surface area contributed by atoms with Crippen molar-refractivity contribution in [2.75, 3.05) is 0 Å². The van der Waals surface area contributed by atoms with Crippen molar-refractivity contribution in [2.45, 2.75) is 52.6 Å². The smallest absolute Gasteiger partial charge is 0.262 e. The van der Waals surface area contributed by atoms with Gasteiger partial charge in [-0.1, -0.05) is 35.5 Å². The normalized spacial score (nSPS) is 12.2. The molecule has 2 aromatic heterocycles. The number of carbonyl (C=O) groups is 1. The summed E-state index contributed by atoms with van der Waals surface area (Å²) in [6, 6.07) is 13.3. The molecule has 7 heteroatoms. The van der Waals surface area contributed by atoms with Gasteiger partial charge >= 0.3 is 0 Å².